The van der Waals surface area contributed by atoms with Crippen LogP contribution in [0.25, 0.3) is 0 Å². The lowest BCUT2D eigenvalue weighted by molar-refractivity contribution is -0.161. The summed E-state index contributed by atoms with van der Waals surface area (Å²) in [5.41, 5.74) is -0.415. The van der Waals surface area contributed by atoms with Crippen molar-refractivity contribution in [3.05, 3.63) is 0 Å². The molecule has 0 aromatic rings. The number of esters is 1. The van der Waals surface area contributed by atoms with E-state index in [-0.39, 0.29) is 23.7 Å². The number of carbonyl (C=O) groups is 2. The Balaban J connectivity index is 2.44. The van der Waals surface area contributed by atoms with Gasteiger partial charge in [-0.25, -0.2) is 0 Å². The van der Waals surface area contributed by atoms with Gasteiger partial charge in [0.15, 0.2) is 0 Å². The summed E-state index contributed by atoms with van der Waals surface area (Å²) < 4.78 is 5.40. The maximum absolute atomic E-state index is 11.9. The molecule has 1 rings (SSSR count). The molecule has 0 spiro atoms. The van der Waals surface area contributed by atoms with Gasteiger partial charge in [-0.1, -0.05) is 13.8 Å². The monoisotopic (exact) mass is 254 g/mol. The van der Waals surface area contributed by atoms with Crippen LogP contribution in [-0.2, 0) is 14.3 Å². The Morgan fingerprint density at radius 1 is 1.00 bits per heavy atom. The van der Waals surface area contributed by atoms with Gasteiger partial charge in [0, 0.05) is 11.8 Å². The van der Waals surface area contributed by atoms with Gasteiger partial charge >= 0.3 is 5.97 Å². The van der Waals surface area contributed by atoms with Crippen LogP contribution in [0.1, 0.15) is 60.3 Å². The minimum absolute atomic E-state index is 0.0135. The number of hydrogen-bond acceptors (Lipinski definition) is 3. The number of Topliss-reactive ketones (excluding diaryl/α,β-unsaturated/α-hetero) is 1. The second-order valence-electron chi connectivity index (χ2n) is 6.64. The molecule has 3 heteroatoms. The summed E-state index contributed by atoms with van der Waals surface area (Å²) in [6, 6.07) is 0. The molecule has 3 nitrogen and oxygen atoms in total. The first kappa shape index (κ1) is 15.2. The third kappa shape index (κ3) is 4.43. The molecule has 0 aliphatic heterocycles. The maximum Gasteiger partial charge on any atom is 0.309 e. The fraction of sp³-hybridized carbons (Fsp3) is 0.867. The fourth-order valence-corrected chi connectivity index (χ4v) is 2.47. The molecule has 104 valence electrons. The lowest BCUT2D eigenvalue weighted by Gasteiger charge is -2.29. The van der Waals surface area contributed by atoms with Crippen molar-refractivity contribution in [2.45, 2.75) is 65.9 Å². The first-order valence-electron chi connectivity index (χ1n) is 6.97. The standard InChI is InChI=1S/C15H26O3/c1-10(2)13(16)11-6-8-12(9-7-11)14(17)18-15(3,4)5/h10-12H,6-9H2,1-5H3. The molecule has 0 aromatic heterocycles. The molecule has 1 aliphatic carbocycles. The highest BCUT2D eigenvalue weighted by molar-refractivity contribution is 5.83. The lowest BCUT2D eigenvalue weighted by atomic mass is 9.78. The Bertz CT molecular complexity index is 304. The number of carbonyl (C=O) groups excluding carboxylic acids is 2. The molecule has 0 heterocycles. The van der Waals surface area contributed by atoms with E-state index in [1.54, 1.807) is 0 Å². The van der Waals surface area contributed by atoms with E-state index in [1.165, 1.54) is 0 Å². The minimum atomic E-state index is -0.415. The first-order valence-corrected chi connectivity index (χ1v) is 6.97. The van der Waals surface area contributed by atoms with Gasteiger partial charge in [-0.3, -0.25) is 9.59 Å². The molecule has 0 radical (unpaired) electrons. The zero-order valence-corrected chi connectivity index (χ0v) is 12.3. The third-order valence-electron chi connectivity index (χ3n) is 3.44. The number of rotatable bonds is 3. The summed E-state index contributed by atoms with van der Waals surface area (Å²) in [5.74, 6) is 0.493. The van der Waals surface area contributed by atoms with E-state index >= 15 is 0 Å². The molecule has 0 saturated heterocycles. The fourth-order valence-electron chi connectivity index (χ4n) is 2.47. The van der Waals surface area contributed by atoms with Gasteiger partial charge in [0.05, 0.1) is 5.92 Å². The highest BCUT2D eigenvalue weighted by Crippen LogP contribution is 2.32. The number of ketones is 1. The van der Waals surface area contributed by atoms with Gasteiger partial charge in [0.25, 0.3) is 0 Å². The molecular weight excluding hydrogens is 228 g/mol. The summed E-state index contributed by atoms with van der Waals surface area (Å²) in [6.45, 7) is 9.56. The van der Waals surface area contributed by atoms with Crippen molar-refractivity contribution in [3.8, 4) is 0 Å². The van der Waals surface area contributed by atoms with E-state index in [0.29, 0.717) is 5.78 Å². The van der Waals surface area contributed by atoms with E-state index in [2.05, 4.69) is 0 Å². The van der Waals surface area contributed by atoms with Gasteiger partial charge in [-0.05, 0) is 46.5 Å². The van der Waals surface area contributed by atoms with Crippen LogP contribution in [0.5, 0.6) is 0 Å². The van der Waals surface area contributed by atoms with Gasteiger partial charge in [0.1, 0.15) is 11.4 Å². The van der Waals surface area contributed by atoms with Gasteiger partial charge < -0.3 is 4.74 Å². The smallest absolute Gasteiger partial charge is 0.309 e. The zero-order chi connectivity index (χ0) is 13.9. The highest BCUT2D eigenvalue weighted by Gasteiger charge is 2.32. The van der Waals surface area contributed by atoms with Crippen LogP contribution in [0, 0.1) is 17.8 Å². The first-order chi connectivity index (χ1) is 8.20. The van der Waals surface area contributed by atoms with Crippen LogP contribution in [0.3, 0.4) is 0 Å². The van der Waals surface area contributed by atoms with Crippen molar-refractivity contribution in [3.63, 3.8) is 0 Å². The van der Waals surface area contributed by atoms with Crippen molar-refractivity contribution in [1.29, 1.82) is 0 Å². The van der Waals surface area contributed by atoms with Crippen LogP contribution in [0.15, 0.2) is 0 Å². The molecule has 0 atom stereocenters. The van der Waals surface area contributed by atoms with Crippen LogP contribution in [-0.4, -0.2) is 17.4 Å². The summed E-state index contributed by atoms with van der Waals surface area (Å²) >= 11 is 0. The van der Waals surface area contributed by atoms with E-state index in [9.17, 15) is 9.59 Å². The van der Waals surface area contributed by atoms with Crippen LogP contribution >= 0.6 is 0 Å². The number of ether oxygens (including phenoxy) is 1. The Morgan fingerprint density at radius 3 is 1.83 bits per heavy atom. The predicted octanol–water partition coefficient (Wildman–Crippen LogP) is 3.36. The molecule has 0 unspecified atom stereocenters. The van der Waals surface area contributed by atoms with E-state index in [0.717, 1.165) is 25.7 Å². The topological polar surface area (TPSA) is 43.4 Å². The molecule has 0 amide bonds. The maximum atomic E-state index is 11.9. The van der Waals surface area contributed by atoms with Crippen molar-refractivity contribution < 1.29 is 14.3 Å². The zero-order valence-electron chi connectivity index (χ0n) is 12.3. The molecule has 1 fully saturated rings. The summed E-state index contributed by atoms with van der Waals surface area (Å²) in [5, 5.41) is 0. The number of hydrogen-bond donors (Lipinski definition) is 0. The van der Waals surface area contributed by atoms with Gasteiger partial charge in [-0.15, -0.1) is 0 Å². The molecule has 1 saturated carbocycles. The van der Waals surface area contributed by atoms with Crippen LogP contribution < -0.4 is 0 Å². The molecule has 18 heavy (non-hydrogen) atoms. The Labute approximate surface area is 110 Å². The van der Waals surface area contributed by atoms with Crippen molar-refractivity contribution >= 4 is 11.8 Å². The van der Waals surface area contributed by atoms with Gasteiger partial charge in [0.2, 0.25) is 0 Å². The predicted molar refractivity (Wildman–Crippen MR) is 71.1 cm³/mol. The van der Waals surface area contributed by atoms with Crippen molar-refractivity contribution in [2.24, 2.45) is 17.8 Å². The molecular formula is C15H26O3. The highest BCUT2D eigenvalue weighted by atomic mass is 16.6. The summed E-state index contributed by atoms with van der Waals surface area (Å²) in [7, 11) is 0. The SMILES string of the molecule is CC(C)C(=O)C1CCC(C(=O)OC(C)(C)C)CC1. The molecule has 0 N–H and O–H groups in total. The third-order valence-corrected chi connectivity index (χ3v) is 3.44. The van der Waals surface area contributed by atoms with E-state index < -0.39 is 5.60 Å². The summed E-state index contributed by atoms with van der Waals surface area (Å²) in [4.78, 5) is 23.8. The van der Waals surface area contributed by atoms with Crippen molar-refractivity contribution in [1.82, 2.24) is 0 Å². The average Bonchev–Trinajstić information content (AvgIpc) is 2.26. The van der Waals surface area contributed by atoms with E-state index in [1.807, 2.05) is 34.6 Å². The Hall–Kier alpha value is -0.860. The van der Waals surface area contributed by atoms with E-state index in [4.69, 9.17) is 4.74 Å². The van der Waals surface area contributed by atoms with Crippen LogP contribution in [0.2, 0.25) is 0 Å². The van der Waals surface area contributed by atoms with Crippen LogP contribution in [0.4, 0.5) is 0 Å². The minimum Gasteiger partial charge on any atom is -0.460 e. The van der Waals surface area contributed by atoms with Gasteiger partial charge in [-0.2, -0.15) is 0 Å². The Morgan fingerprint density at radius 2 is 1.44 bits per heavy atom. The van der Waals surface area contributed by atoms with Crippen molar-refractivity contribution in [2.75, 3.05) is 0 Å². The average molecular weight is 254 g/mol. The summed E-state index contributed by atoms with van der Waals surface area (Å²) in [6.07, 6.45) is 3.25. The Kier molecular flexibility index (Phi) is 4.94. The normalized spacial score (nSPS) is 25.0. The quantitative estimate of drug-likeness (QED) is 0.725. The second kappa shape index (κ2) is 5.85. The molecule has 0 aromatic carbocycles. The molecule has 1 aliphatic rings. The lowest BCUT2D eigenvalue weighted by Crippen LogP contribution is -2.33. The second-order valence-corrected chi connectivity index (χ2v) is 6.64. The molecule has 0 bridgehead atoms. The largest absolute Gasteiger partial charge is 0.460 e.